The maximum absolute atomic E-state index is 13.0. The van der Waals surface area contributed by atoms with E-state index in [9.17, 15) is 4.79 Å². The van der Waals surface area contributed by atoms with Crippen LogP contribution in [0.25, 0.3) is 22.9 Å². The normalized spacial score (nSPS) is 22.5. The summed E-state index contributed by atoms with van der Waals surface area (Å²) in [5, 5.41) is 12.0. The summed E-state index contributed by atoms with van der Waals surface area (Å²) in [5.74, 6) is 2.36. The minimum absolute atomic E-state index is 0.0250. The number of fused-ring (bicyclic) bond motifs is 4. The molecule has 0 aliphatic carbocycles. The molecule has 1 N–H and O–H groups in total. The van der Waals surface area contributed by atoms with Crippen molar-refractivity contribution in [2.24, 2.45) is 11.8 Å². The number of rotatable bonds is 0. The molecule has 2 fully saturated rings. The fourth-order valence-corrected chi connectivity index (χ4v) is 5.33. The molecule has 172 valence electrons. The van der Waals surface area contributed by atoms with Gasteiger partial charge in [-0.1, -0.05) is 11.5 Å². The lowest BCUT2D eigenvalue weighted by Gasteiger charge is -2.36. The predicted molar refractivity (Wildman–Crippen MR) is 131 cm³/mol. The molecule has 1 aromatic carbocycles. The molecule has 34 heavy (non-hydrogen) atoms. The third-order valence-electron chi connectivity index (χ3n) is 7.31. The fourth-order valence-electron chi connectivity index (χ4n) is 5.33. The van der Waals surface area contributed by atoms with E-state index in [1.807, 2.05) is 30.3 Å². The van der Waals surface area contributed by atoms with Crippen LogP contribution in [0.4, 0.5) is 11.5 Å². The van der Waals surface area contributed by atoms with Crippen molar-refractivity contribution >= 4 is 30.7 Å². The number of nitrogens with one attached hydrogen (secondary N) is 1. The quantitative estimate of drug-likeness (QED) is 0.521. The standard InChI is InChI=1S/C25H27BN6O2/c26-19-3-4-20-21(13-19)31-10-6-16(7-11-31)14-28-23(33)18-2-1-9-32(15-18)22-12-17(5-8-27-22)24-29-30-25(20)34-24/h3-5,8,12-13,16,18H,1-2,6-7,9-11,14-15H2,(H,28,33). The maximum atomic E-state index is 13.0. The number of benzene rings is 1. The van der Waals surface area contributed by atoms with Crippen molar-refractivity contribution in [2.45, 2.75) is 25.7 Å². The Hall–Kier alpha value is -3.36. The van der Waals surface area contributed by atoms with Gasteiger partial charge in [-0.3, -0.25) is 4.79 Å². The molecule has 4 aliphatic heterocycles. The Morgan fingerprint density at radius 3 is 2.74 bits per heavy atom. The molecule has 9 heteroatoms. The van der Waals surface area contributed by atoms with Gasteiger partial charge in [0.2, 0.25) is 17.7 Å². The van der Waals surface area contributed by atoms with E-state index in [0.29, 0.717) is 29.7 Å². The summed E-state index contributed by atoms with van der Waals surface area (Å²) in [6.07, 6.45) is 5.65. The molecule has 1 atom stereocenters. The molecule has 2 saturated heterocycles. The molecule has 1 unspecified atom stereocenters. The molecular weight excluding hydrogens is 427 g/mol. The number of carbonyl (C=O) groups excluding carboxylic acids is 1. The molecule has 0 saturated carbocycles. The summed E-state index contributed by atoms with van der Waals surface area (Å²) in [5.41, 5.74) is 3.41. The van der Waals surface area contributed by atoms with Crippen LogP contribution in [0.3, 0.4) is 0 Å². The molecule has 7 rings (SSSR count). The van der Waals surface area contributed by atoms with Gasteiger partial charge in [0.1, 0.15) is 13.7 Å². The van der Waals surface area contributed by atoms with E-state index >= 15 is 0 Å². The first-order chi connectivity index (χ1) is 16.6. The minimum Gasteiger partial charge on any atom is -0.416 e. The molecule has 0 spiro atoms. The molecule has 1 amide bonds. The smallest absolute Gasteiger partial charge is 0.250 e. The first-order valence-electron chi connectivity index (χ1n) is 12.1. The Balaban J connectivity index is 1.41. The summed E-state index contributed by atoms with van der Waals surface area (Å²) in [6, 6.07) is 9.66. The molecular formula is C25H27BN6O2. The molecule has 6 heterocycles. The Bertz CT molecular complexity index is 1210. The van der Waals surface area contributed by atoms with Gasteiger partial charge in [0.05, 0.1) is 11.5 Å². The van der Waals surface area contributed by atoms with Crippen LogP contribution in [0.15, 0.2) is 40.9 Å². The lowest BCUT2D eigenvalue weighted by molar-refractivity contribution is -0.125. The second kappa shape index (κ2) is 8.78. The SMILES string of the molecule is [B]c1ccc2c(c1)N1CCC(CC1)CNC(=O)C1CCCN(C1)c1cc(ccn1)-c1nnc-2o1. The summed E-state index contributed by atoms with van der Waals surface area (Å²) in [4.78, 5) is 22.1. The third-order valence-corrected chi connectivity index (χ3v) is 7.31. The highest BCUT2D eigenvalue weighted by molar-refractivity contribution is 6.32. The second-order valence-corrected chi connectivity index (χ2v) is 9.55. The van der Waals surface area contributed by atoms with Gasteiger partial charge >= 0.3 is 0 Å². The monoisotopic (exact) mass is 454 g/mol. The molecule has 2 aromatic heterocycles. The van der Waals surface area contributed by atoms with Crippen molar-refractivity contribution in [3.63, 3.8) is 0 Å². The molecule has 8 nitrogen and oxygen atoms in total. The van der Waals surface area contributed by atoms with Crippen molar-refractivity contribution < 1.29 is 9.21 Å². The van der Waals surface area contributed by atoms with E-state index in [1.165, 1.54) is 0 Å². The van der Waals surface area contributed by atoms with Gasteiger partial charge in [-0.15, -0.1) is 10.2 Å². The third kappa shape index (κ3) is 4.04. The highest BCUT2D eigenvalue weighted by Gasteiger charge is 2.29. The van der Waals surface area contributed by atoms with Gasteiger partial charge in [0.25, 0.3) is 0 Å². The van der Waals surface area contributed by atoms with Crippen LogP contribution < -0.4 is 20.6 Å². The van der Waals surface area contributed by atoms with Crippen molar-refractivity contribution in [1.29, 1.82) is 0 Å². The van der Waals surface area contributed by atoms with Crippen LogP contribution in [0.5, 0.6) is 0 Å². The molecule has 3 aromatic rings. The van der Waals surface area contributed by atoms with Crippen LogP contribution in [0, 0.1) is 11.8 Å². The average Bonchev–Trinajstić information content (AvgIpc) is 3.37. The Morgan fingerprint density at radius 2 is 1.85 bits per heavy atom. The van der Waals surface area contributed by atoms with Gasteiger partial charge in [-0.05, 0) is 55.9 Å². The number of pyridine rings is 1. The summed E-state index contributed by atoms with van der Waals surface area (Å²) in [7, 11) is 6.15. The van der Waals surface area contributed by atoms with Gasteiger partial charge in [0.15, 0.2) is 0 Å². The highest BCUT2D eigenvalue weighted by atomic mass is 16.4. The minimum atomic E-state index is -0.0250. The van der Waals surface area contributed by atoms with Crippen molar-refractivity contribution in [3.05, 3.63) is 36.5 Å². The lowest BCUT2D eigenvalue weighted by Crippen LogP contribution is -2.45. The first kappa shape index (κ1) is 21.2. The van der Waals surface area contributed by atoms with Crippen molar-refractivity contribution in [3.8, 4) is 22.9 Å². The number of anilines is 2. The largest absolute Gasteiger partial charge is 0.416 e. The van der Waals surface area contributed by atoms with Crippen LogP contribution in [-0.4, -0.2) is 61.7 Å². The number of nitrogens with zero attached hydrogens (tertiary/aromatic N) is 5. The van der Waals surface area contributed by atoms with Crippen LogP contribution in [0.1, 0.15) is 25.7 Å². The highest BCUT2D eigenvalue weighted by Crippen LogP contribution is 2.34. The van der Waals surface area contributed by atoms with Gasteiger partial charge in [-0.25, -0.2) is 4.98 Å². The van der Waals surface area contributed by atoms with Gasteiger partial charge < -0.3 is 19.5 Å². The number of carbonyl (C=O) groups is 1. The second-order valence-electron chi connectivity index (χ2n) is 9.55. The Morgan fingerprint density at radius 1 is 1.00 bits per heavy atom. The van der Waals surface area contributed by atoms with Crippen LogP contribution >= 0.6 is 0 Å². The summed E-state index contributed by atoms with van der Waals surface area (Å²) >= 11 is 0. The van der Waals surface area contributed by atoms with E-state index in [1.54, 1.807) is 6.20 Å². The average molecular weight is 454 g/mol. The number of aromatic nitrogens is 3. The topological polar surface area (TPSA) is 87.4 Å². The fraction of sp³-hybridized carbons (Fsp3) is 0.440. The van der Waals surface area contributed by atoms with Crippen LogP contribution in [0.2, 0.25) is 0 Å². The van der Waals surface area contributed by atoms with E-state index < -0.39 is 0 Å². The summed E-state index contributed by atoms with van der Waals surface area (Å²) in [6.45, 7) is 4.06. The van der Waals surface area contributed by atoms with E-state index in [0.717, 1.165) is 74.5 Å². The Kier molecular flexibility index (Phi) is 5.47. The van der Waals surface area contributed by atoms with Crippen molar-refractivity contribution in [2.75, 3.05) is 42.5 Å². The van der Waals surface area contributed by atoms with Crippen LogP contribution in [-0.2, 0) is 4.79 Å². The summed E-state index contributed by atoms with van der Waals surface area (Å²) < 4.78 is 6.16. The number of hydrogen-bond acceptors (Lipinski definition) is 7. The van der Waals surface area contributed by atoms with E-state index in [2.05, 4.69) is 30.3 Å². The number of piperidine rings is 2. The zero-order valence-electron chi connectivity index (χ0n) is 19.1. The predicted octanol–water partition coefficient (Wildman–Crippen LogP) is 2.15. The zero-order chi connectivity index (χ0) is 23.1. The van der Waals surface area contributed by atoms with Gasteiger partial charge in [-0.2, -0.15) is 0 Å². The van der Waals surface area contributed by atoms with E-state index in [4.69, 9.17) is 12.3 Å². The molecule has 4 aliphatic rings. The number of hydrogen-bond donors (Lipinski definition) is 1. The number of amides is 1. The molecule has 2 radical (unpaired) electrons. The zero-order valence-corrected chi connectivity index (χ0v) is 19.1. The van der Waals surface area contributed by atoms with E-state index in [-0.39, 0.29) is 11.8 Å². The van der Waals surface area contributed by atoms with Gasteiger partial charge in [0, 0.05) is 50.2 Å². The Labute approximate surface area is 200 Å². The maximum Gasteiger partial charge on any atom is 0.250 e. The molecule has 8 bridgehead atoms. The van der Waals surface area contributed by atoms with Crippen molar-refractivity contribution in [1.82, 2.24) is 20.5 Å². The lowest BCUT2D eigenvalue weighted by atomic mass is 9.91. The first-order valence-corrected chi connectivity index (χ1v) is 12.1.